The zero-order chi connectivity index (χ0) is 9.40. The lowest BCUT2D eigenvalue weighted by molar-refractivity contribution is 0.117. The second kappa shape index (κ2) is 7.53. The van der Waals surface area contributed by atoms with Crippen LogP contribution in [0.15, 0.2) is 0 Å². The first-order valence-corrected chi connectivity index (χ1v) is 4.69. The summed E-state index contributed by atoms with van der Waals surface area (Å²) in [6, 6.07) is 0.343. The highest BCUT2D eigenvalue weighted by atomic mass is 16.5. The van der Waals surface area contributed by atoms with Crippen LogP contribution in [0.2, 0.25) is 0 Å². The highest BCUT2D eigenvalue weighted by molar-refractivity contribution is 4.61. The molecule has 0 aromatic rings. The molecule has 3 heteroatoms. The summed E-state index contributed by atoms with van der Waals surface area (Å²) in [6.07, 6.45) is 2.40. The quantitative estimate of drug-likeness (QED) is 0.560. The molecule has 74 valence electrons. The number of rotatable bonds is 7. The van der Waals surface area contributed by atoms with E-state index in [-0.39, 0.29) is 0 Å². The van der Waals surface area contributed by atoms with Crippen molar-refractivity contribution < 1.29 is 4.74 Å². The summed E-state index contributed by atoms with van der Waals surface area (Å²) in [7, 11) is 1.73. The van der Waals surface area contributed by atoms with Crippen LogP contribution in [-0.4, -0.2) is 32.3 Å². The number of methoxy groups -OCH3 is 1. The van der Waals surface area contributed by atoms with Crippen LogP contribution in [0.4, 0.5) is 0 Å². The summed E-state index contributed by atoms with van der Waals surface area (Å²) in [6.45, 7) is 6.06. The van der Waals surface area contributed by atoms with Crippen LogP contribution in [0.3, 0.4) is 0 Å². The summed E-state index contributed by atoms with van der Waals surface area (Å²) >= 11 is 0. The standard InChI is InChI=1S/C9H22N2O/c1-4-9(10)5-6-11-7-8(2)12-3/h8-9,11H,4-7,10H2,1-3H3. The van der Waals surface area contributed by atoms with Crippen molar-refractivity contribution in [3.05, 3.63) is 0 Å². The van der Waals surface area contributed by atoms with Crippen molar-refractivity contribution in [1.82, 2.24) is 5.32 Å². The average molecular weight is 174 g/mol. The molecule has 0 rings (SSSR count). The van der Waals surface area contributed by atoms with Crippen molar-refractivity contribution in [1.29, 1.82) is 0 Å². The zero-order valence-corrected chi connectivity index (χ0v) is 8.47. The predicted octanol–water partition coefficient (Wildman–Crippen LogP) is 0.738. The smallest absolute Gasteiger partial charge is 0.0667 e. The highest BCUT2D eigenvalue weighted by Gasteiger charge is 2.00. The Kier molecular flexibility index (Phi) is 7.45. The Bertz CT molecular complexity index is 86.5. The highest BCUT2D eigenvalue weighted by Crippen LogP contribution is 1.91. The molecule has 0 bridgehead atoms. The lowest BCUT2D eigenvalue weighted by Gasteiger charge is -2.12. The molecule has 0 heterocycles. The Balaban J connectivity index is 3.10. The molecule has 0 aromatic carbocycles. The topological polar surface area (TPSA) is 47.3 Å². The SMILES string of the molecule is CCC(N)CCNCC(C)OC. The molecular formula is C9H22N2O. The van der Waals surface area contributed by atoms with Crippen molar-refractivity contribution in [2.75, 3.05) is 20.2 Å². The Morgan fingerprint density at radius 3 is 2.67 bits per heavy atom. The minimum atomic E-state index is 0.294. The summed E-state index contributed by atoms with van der Waals surface area (Å²) in [5.74, 6) is 0. The Morgan fingerprint density at radius 2 is 2.17 bits per heavy atom. The van der Waals surface area contributed by atoms with Gasteiger partial charge in [-0.25, -0.2) is 0 Å². The van der Waals surface area contributed by atoms with Crippen molar-refractivity contribution in [2.45, 2.75) is 38.8 Å². The maximum atomic E-state index is 5.75. The lowest BCUT2D eigenvalue weighted by Crippen LogP contribution is -2.30. The molecule has 0 fully saturated rings. The second-order valence-corrected chi connectivity index (χ2v) is 3.21. The number of nitrogens with two attached hydrogens (primary N) is 1. The van der Waals surface area contributed by atoms with Crippen molar-refractivity contribution >= 4 is 0 Å². The first-order chi connectivity index (χ1) is 5.70. The van der Waals surface area contributed by atoms with Crippen LogP contribution in [0, 0.1) is 0 Å². The van der Waals surface area contributed by atoms with Gasteiger partial charge in [-0.3, -0.25) is 0 Å². The van der Waals surface area contributed by atoms with Gasteiger partial charge in [0.2, 0.25) is 0 Å². The molecule has 0 aliphatic heterocycles. The van der Waals surface area contributed by atoms with Gasteiger partial charge in [-0.2, -0.15) is 0 Å². The molecule has 2 atom stereocenters. The molecule has 0 saturated carbocycles. The fourth-order valence-corrected chi connectivity index (χ4v) is 0.880. The number of ether oxygens (including phenoxy) is 1. The number of nitrogens with one attached hydrogen (secondary N) is 1. The maximum Gasteiger partial charge on any atom is 0.0667 e. The monoisotopic (exact) mass is 174 g/mol. The average Bonchev–Trinajstić information content (AvgIpc) is 2.11. The van der Waals surface area contributed by atoms with Gasteiger partial charge in [-0.15, -0.1) is 0 Å². The molecule has 0 amide bonds. The molecule has 0 aromatic heterocycles. The van der Waals surface area contributed by atoms with Crippen LogP contribution in [0.25, 0.3) is 0 Å². The van der Waals surface area contributed by atoms with Crippen LogP contribution in [0.1, 0.15) is 26.7 Å². The molecule has 0 saturated heterocycles. The van der Waals surface area contributed by atoms with E-state index >= 15 is 0 Å². The van der Waals surface area contributed by atoms with E-state index < -0.39 is 0 Å². The van der Waals surface area contributed by atoms with E-state index in [1.54, 1.807) is 7.11 Å². The largest absolute Gasteiger partial charge is 0.380 e. The fraction of sp³-hybridized carbons (Fsp3) is 1.00. The molecule has 2 unspecified atom stereocenters. The second-order valence-electron chi connectivity index (χ2n) is 3.21. The zero-order valence-electron chi connectivity index (χ0n) is 8.47. The Hall–Kier alpha value is -0.120. The van der Waals surface area contributed by atoms with Crippen LogP contribution in [0.5, 0.6) is 0 Å². The summed E-state index contributed by atoms with van der Waals surface area (Å²) in [5.41, 5.74) is 5.75. The Labute approximate surface area is 75.7 Å². The number of hydrogen-bond acceptors (Lipinski definition) is 3. The van der Waals surface area contributed by atoms with Gasteiger partial charge >= 0.3 is 0 Å². The molecule has 0 radical (unpaired) electrons. The van der Waals surface area contributed by atoms with E-state index in [0.29, 0.717) is 12.1 Å². The molecule has 12 heavy (non-hydrogen) atoms. The van der Waals surface area contributed by atoms with Crippen molar-refractivity contribution in [3.8, 4) is 0 Å². The van der Waals surface area contributed by atoms with Gasteiger partial charge < -0.3 is 15.8 Å². The van der Waals surface area contributed by atoms with Crippen LogP contribution < -0.4 is 11.1 Å². The van der Waals surface area contributed by atoms with Gasteiger partial charge in [0.05, 0.1) is 6.10 Å². The van der Waals surface area contributed by atoms with Gasteiger partial charge in [0.1, 0.15) is 0 Å². The van der Waals surface area contributed by atoms with Crippen LogP contribution >= 0.6 is 0 Å². The molecule has 0 spiro atoms. The fourth-order valence-electron chi connectivity index (χ4n) is 0.880. The van der Waals surface area contributed by atoms with E-state index in [2.05, 4.69) is 12.2 Å². The van der Waals surface area contributed by atoms with E-state index in [9.17, 15) is 0 Å². The summed E-state index contributed by atoms with van der Waals surface area (Å²) in [4.78, 5) is 0. The molecular weight excluding hydrogens is 152 g/mol. The first kappa shape index (κ1) is 11.9. The predicted molar refractivity (Wildman–Crippen MR) is 52.2 cm³/mol. The first-order valence-electron chi connectivity index (χ1n) is 4.69. The third kappa shape index (κ3) is 6.58. The van der Waals surface area contributed by atoms with Crippen LogP contribution in [-0.2, 0) is 4.74 Å². The van der Waals surface area contributed by atoms with Gasteiger partial charge in [-0.1, -0.05) is 6.92 Å². The summed E-state index contributed by atoms with van der Waals surface area (Å²) in [5, 5.41) is 3.30. The minimum Gasteiger partial charge on any atom is -0.380 e. The van der Waals surface area contributed by atoms with Gasteiger partial charge in [-0.05, 0) is 26.3 Å². The maximum absolute atomic E-state index is 5.75. The third-order valence-corrected chi connectivity index (χ3v) is 2.05. The lowest BCUT2D eigenvalue weighted by atomic mass is 10.2. The third-order valence-electron chi connectivity index (χ3n) is 2.05. The van der Waals surface area contributed by atoms with Crippen molar-refractivity contribution in [3.63, 3.8) is 0 Å². The van der Waals surface area contributed by atoms with Gasteiger partial charge in [0.25, 0.3) is 0 Å². The van der Waals surface area contributed by atoms with Gasteiger partial charge in [0, 0.05) is 19.7 Å². The van der Waals surface area contributed by atoms with E-state index in [4.69, 9.17) is 10.5 Å². The van der Waals surface area contributed by atoms with Gasteiger partial charge in [0.15, 0.2) is 0 Å². The van der Waals surface area contributed by atoms with Crippen molar-refractivity contribution in [2.24, 2.45) is 5.73 Å². The van der Waals surface area contributed by atoms with E-state index in [1.165, 1.54) is 0 Å². The molecule has 3 N–H and O–H groups in total. The summed E-state index contributed by atoms with van der Waals surface area (Å²) < 4.78 is 5.09. The van der Waals surface area contributed by atoms with E-state index in [1.807, 2.05) is 6.92 Å². The number of hydrogen-bond donors (Lipinski definition) is 2. The Morgan fingerprint density at radius 1 is 1.50 bits per heavy atom. The molecule has 3 nitrogen and oxygen atoms in total. The molecule has 0 aliphatic rings. The molecule has 0 aliphatic carbocycles. The minimum absolute atomic E-state index is 0.294. The van der Waals surface area contributed by atoms with E-state index in [0.717, 1.165) is 25.9 Å². The normalized spacial score (nSPS) is 16.0.